The van der Waals surface area contributed by atoms with Crippen molar-refractivity contribution < 1.29 is 14.9 Å². The summed E-state index contributed by atoms with van der Waals surface area (Å²) in [6.07, 6.45) is -0.0103. The second-order valence-electron chi connectivity index (χ2n) is 4.32. The summed E-state index contributed by atoms with van der Waals surface area (Å²) in [6, 6.07) is 0. The lowest BCUT2D eigenvalue weighted by Gasteiger charge is -2.17. The Morgan fingerprint density at radius 1 is 1.53 bits per heavy atom. The van der Waals surface area contributed by atoms with Gasteiger partial charge >= 0.3 is 0 Å². The number of aromatic nitrogens is 4. The maximum absolute atomic E-state index is 10.1. The van der Waals surface area contributed by atoms with E-state index in [1.807, 2.05) is 22.6 Å². The highest BCUT2D eigenvalue weighted by molar-refractivity contribution is 14.1. The van der Waals surface area contributed by atoms with Crippen molar-refractivity contribution in [3.63, 3.8) is 0 Å². The van der Waals surface area contributed by atoms with E-state index in [4.69, 9.17) is 15.6 Å². The molecule has 2 aromatic rings. The Labute approximate surface area is 121 Å². The summed E-state index contributed by atoms with van der Waals surface area (Å²) < 4.78 is 7.89. The molecule has 3 atom stereocenters. The number of fused-ring (bicyclic) bond motifs is 1. The van der Waals surface area contributed by atoms with E-state index in [0.29, 0.717) is 21.4 Å². The molecule has 3 heterocycles. The quantitative estimate of drug-likeness (QED) is 0.484. The third-order valence-electron chi connectivity index (χ3n) is 3.09. The van der Waals surface area contributed by atoms with Gasteiger partial charge in [-0.25, -0.2) is 15.0 Å². The van der Waals surface area contributed by atoms with Crippen molar-refractivity contribution in [2.75, 3.05) is 12.3 Å². The molecule has 1 saturated heterocycles. The number of hydrogen-bond acceptors (Lipinski definition) is 7. The van der Waals surface area contributed by atoms with Gasteiger partial charge in [0.25, 0.3) is 0 Å². The van der Waals surface area contributed by atoms with Crippen molar-refractivity contribution in [3.8, 4) is 0 Å². The van der Waals surface area contributed by atoms with E-state index in [9.17, 15) is 5.11 Å². The van der Waals surface area contributed by atoms with Gasteiger partial charge in [-0.1, -0.05) is 0 Å². The van der Waals surface area contributed by atoms with E-state index >= 15 is 0 Å². The molecule has 9 heteroatoms. The van der Waals surface area contributed by atoms with Gasteiger partial charge in [-0.15, -0.1) is 0 Å². The van der Waals surface area contributed by atoms with Crippen LogP contribution in [0.15, 0.2) is 6.33 Å². The van der Waals surface area contributed by atoms with Crippen LogP contribution in [0.3, 0.4) is 0 Å². The minimum absolute atomic E-state index is 0.131. The zero-order valence-electron chi connectivity index (χ0n) is 9.77. The normalized spacial score (nSPS) is 27.2. The van der Waals surface area contributed by atoms with Crippen molar-refractivity contribution in [3.05, 3.63) is 10.2 Å². The van der Waals surface area contributed by atoms with Gasteiger partial charge in [0, 0.05) is 29.0 Å². The molecule has 0 aromatic carbocycles. The van der Waals surface area contributed by atoms with Crippen LogP contribution in [0.4, 0.5) is 5.82 Å². The van der Waals surface area contributed by atoms with Crippen LogP contribution in [0.25, 0.3) is 11.2 Å². The second kappa shape index (κ2) is 4.81. The molecule has 0 unspecified atom stereocenters. The van der Waals surface area contributed by atoms with E-state index in [1.165, 1.54) is 6.33 Å². The summed E-state index contributed by atoms with van der Waals surface area (Å²) in [5.41, 5.74) is 6.75. The molecular formula is C10H12IN5O3. The molecule has 1 fully saturated rings. The molecule has 0 aliphatic carbocycles. The number of aliphatic hydroxyl groups excluding tert-OH is 2. The van der Waals surface area contributed by atoms with Gasteiger partial charge in [0.05, 0.1) is 12.7 Å². The Bertz CT molecular complexity index is 618. The largest absolute Gasteiger partial charge is 0.394 e. The number of anilines is 1. The lowest BCUT2D eigenvalue weighted by molar-refractivity contribution is -0.0499. The lowest BCUT2D eigenvalue weighted by Crippen LogP contribution is -2.21. The highest BCUT2D eigenvalue weighted by Crippen LogP contribution is 2.33. The predicted octanol–water partition coefficient (Wildman–Crippen LogP) is -0.346. The van der Waals surface area contributed by atoms with Gasteiger partial charge in [-0.2, -0.15) is 0 Å². The van der Waals surface area contributed by atoms with Gasteiger partial charge in [0.1, 0.15) is 12.4 Å². The first-order valence-corrected chi connectivity index (χ1v) is 6.78. The Morgan fingerprint density at radius 3 is 3.00 bits per heavy atom. The molecule has 0 spiro atoms. The van der Waals surface area contributed by atoms with Crippen LogP contribution in [0.5, 0.6) is 0 Å². The van der Waals surface area contributed by atoms with Crippen molar-refractivity contribution in [2.24, 2.45) is 0 Å². The Kier molecular flexibility index (Phi) is 3.28. The Morgan fingerprint density at radius 2 is 2.32 bits per heavy atom. The van der Waals surface area contributed by atoms with Crippen LogP contribution in [-0.2, 0) is 4.74 Å². The van der Waals surface area contributed by atoms with Crippen LogP contribution in [-0.4, -0.2) is 48.5 Å². The number of halogens is 1. The van der Waals surface area contributed by atoms with Crippen molar-refractivity contribution in [1.82, 2.24) is 19.5 Å². The Balaban J connectivity index is 2.10. The number of imidazole rings is 1. The minimum atomic E-state index is -0.723. The first-order chi connectivity index (χ1) is 9.11. The number of rotatable bonds is 2. The fourth-order valence-corrected chi connectivity index (χ4v) is 2.95. The smallest absolute Gasteiger partial charge is 0.175 e. The molecule has 3 rings (SSSR count). The summed E-state index contributed by atoms with van der Waals surface area (Å²) in [7, 11) is 0. The number of aliphatic hydroxyl groups is 2. The first kappa shape index (κ1) is 13.0. The zero-order valence-corrected chi connectivity index (χ0v) is 11.9. The van der Waals surface area contributed by atoms with Crippen molar-refractivity contribution in [2.45, 2.75) is 24.9 Å². The monoisotopic (exact) mass is 377 g/mol. The summed E-state index contributed by atoms with van der Waals surface area (Å²) in [5, 5.41) is 19.2. The van der Waals surface area contributed by atoms with E-state index in [-0.39, 0.29) is 18.5 Å². The summed E-state index contributed by atoms with van der Waals surface area (Å²) in [4.78, 5) is 12.3. The third-order valence-corrected chi connectivity index (χ3v) is 3.85. The van der Waals surface area contributed by atoms with E-state index < -0.39 is 12.3 Å². The Hall–Kier alpha value is -1.04. The lowest BCUT2D eigenvalue weighted by atomic mass is 10.2. The van der Waals surface area contributed by atoms with Gasteiger partial charge in [-0.05, 0) is 0 Å². The maximum Gasteiger partial charge on any atom is 0.175 e. The molecule has 4 N–H and O–H groups in total. The van der Waals surface area contributed by atoms with E-state index in [1.54, 1.807) is 4.57 Å². The van der Waals surface area contributed by atoms with Crippen LogP contribution in [0, 0.1) is 3.83 Å². The van der Waals surface area contributed by atoms with Crippen LogP contribution >= 0.6 is 22.6 Å². The molecule has 0 saturated carbocycles. The second-order valence-corrected chi connectivity index (χ2v) is 5.28. The molecule has 1 aliphatic heterocycles. The fraction of sp³-hybridized carbons (Fsp3) is 0.500. The van der Waals surface area contributed by atoms with Crippen LogP contribution in [0.1, 0.15) is 12.6 Å². The molecule has 1 aliphatic rings. The molecular weight excluding hydrogens is 365 g/mol. The van der Waals surface area contributed by atoms with Crippen LogP contribution in [0.2, 0.25) is 0 Å². The number of nitrogens with zero attached hydrogens (tertiary/aromatic N) is 4. The zero-order chi connectivity index (χ0) is 13.6. The van der Waals surface area contributed by atoms with Gasteiger partial charge < -0.3 is 20.7 Å². The number of nitrogens with two attached hydrogens (primary N) is 1. The van der Waals surface area contributed by atoms with Gasteiger partial charge in [0.15, 0.2) is 27.0 Å². The van der Waals surface area contributed by atoms with Gasteiger partial charge in [0.2, 0.25) is 0 Å². The third kappa shape index (κ3) is 2.06. The first-order valence-electron chi connectivity index (χ1n) is 5.70. The maximum atomic E-state index is 10.1. The number of ether oxygens (including phenoxy) is 1. The highest BCUT2D eigenvalue weighted by atomic mass is 127. The number of nitrogen functional groups attached to an aromatic ring is 1. The number of hydrogen-bond donors (Lipinski definition) is 3. The molecule has 0 bridgehead atoms. The molecule has 19 heavy (non-hydrogen) atoms. The SMILES string of the molecule is Nc1ncnc2c1nc(I)n2[C@@H]1O[C@H](CO)C[C@H]1O. The summed E-state index contributed by atoms with van der Waals surface area (Å²) in [6.45, 7) is -0.131. The van der Waals surface area contributed by atoms with Crippen LogP contribution < -0.4 is 5.73 Å². The summed E-state index contributed by atoms with van der Waals surface area (Å²) >= 11 is 2.02. The average molecular weight is 377 g/mol. The molecule has 2 aromatic heterocycles. The molecule has 8 nitrogen and oxygen atoms in total. The van der Waals surface area contributed by atoms with Crippen molar-refractivity contribution >= 4 is 39.6 Å². The van der Waals surface area contributed by atoms with Gasteiger partial charge in [-0.3, -0.25) is 4.57 Å². The summed E-state index contributed by atoms with van der Waals surface area (Å²) in [5.74, 6) is 0.285. The predicted molar refractivity (Wildman–Crippen MR) is 74.1 cm³/mol. The minimum Gasteiger partial charge on any atom is -0.394 e. The molecule has 0 radical (unpaired) electrons. The van der Waals surface area contributed by atoms with E-state index in [0.717, 1.165) is 0 Å². The fourth-order valence-electron chi connectivity index (χ4n) is 2.20. The highest BCUT2D eigenvalue weighted by Gasteiger charge is 2.37. The standard InChI is InChI=1S/C10H12IN5O3/c11-10-15-6-7(12)13-3-14-8(6)16(10)9-5(18)1-4(2-17)19-9/h3-5,9,17-18H,1-2H2,(H2,12,13,14)/t4-,5+,9+/m0/s1. The molecule has 102 valence electrons. The van der Waals surface area contributed by atoms with E-state index in [2.05, 4.69) is 15.0 Å². The topological polar surface area (TPSA) is 119 Å². The average Bonchev–Trinajstić information content (AvgIpc) is 2.90. The van der Waals surface area contributed by atoms with Crippen molar-refractivity contribution in [1.29, 1.82) is 0 Å². The molecule has 0 amide bonds.